The maximum Gasteiger partial charge on any atom is 0.131 e. The Balaban J connectivity index is 1.01. The lowest BCUT2D eigenvalue weighted by Gasteiger charge is -2.30. The first kappa shape index (κ1) is 28.9. The van der Waals surface area contributed by atoms with Crippen molar-refractivity contribution in [3.05, 3.63) is 181 Å². The van der Waals surface area contributed by atoms with Gasteiger partial charge in [0.2, 0.25) is 0 Å². The molecular weight excluding hydrogens is 623 g/mol. The van der Waals surface area contributed by atoms with Crippen molar-refractivity contribution in [1.82, 2.24) is 4.57 Å². The Morgan fingerprint density at radius 3 is 1.75 bits per heavy atom. The van der Waals surface area contributed by atoms with Crippen LogP contribution in [0, 0.1) is 11.8 Å². The van der Waals surface area contributed by atoms with Gasteiger partial charge in [-0.1, -0.05) is 121 Å². The fourth-order valence-corrected chi connectivity index (χ4v) is 9.16. The van der Waals surface area contributed by atoms with Crippen molar-refractivity contribution in [3.63, 3.8) is 0 Å². The third-order valence-corrected chi connectivity index (χ3v) is 11.6. The first-order valence-electron chi connectivity index (χ1n) is 18.1. The average molecular weight is 658 g/mol. The molecule has 7 aromatic rings. The molecule has 0 bridgehead atoms. The van der Waals surface area contributed by atoms with Gasteiger partial charge in [0.15, 0.2) is 0 Å². The van der Waals surface area contributed by atoms with E-state index in [1.54, 1.807) is 0 Å². The van der Waals surface area contributed by atoms with Crippen molar-refractivity contribution in [2.45, 2.75) is 24.5 Å². The van der Waals surface area contributed by atoms with Gasteiger partial charge in [0.1, 0.15) is 11.5 Å². The van der Waals surface area contributed by atoms with Gasteiger partial charge in [-0.25, -0.2) is 0 Å². The molecule has 6 aromatic carbocycles. The SMILES string of the molecule is C1=CC2OC3C4C(=CCC3C2C=C1n1c2ccc(-c3ccccc3)cc2c2cc(-c3ccccc3)ccc21)Oc1ccc(-c2ccccc2)cc14. The van der Waals surface area contributed by atoms with E-state index in [-0.39, 0.29) is 24.0 Å². The van der Waals surface area contributed by atoms with Gasteiger partial charge in [0.25, 0.3) is 0 Å². The first-order chi connectivity index (χ1) is 25.3. The largest absolute Gasteiger partial charge is 0.461 e. The molecule has 1 aromatic heterocycles. The average Bonchev–Trinajstić information content (AvgIpc) is 3.87. The van der Waals surface area contributed by atoms with Crippen molar-refractivity contribution >= 4 is 27.5 Å². The molecule has 0 saturated carbocycles. The predicted octanol–water partition coefficient (Wildman–Crippen LogP) is 11.7. The van der Waals surface area contributed by atoms with E-state index in [1.165, 1.54) is 66.4 Å². The Labute approximate surface area is 297 Å². The van der Waals surface area contributed by atoms with E-state index in [0.717, 1.165) is 17.9 Å². The summed E-state index contributed by atoms with van der Waals surface area (Å²) in [5.74, 6) is 2.76. The fraction of sp³-hybridized carbons (Fsp3) is 0.125. The molecule has 0 N–H and O–H groups in total. The van der Waals surface area contributed by atoms with Crippen LogP contribution in [0.25, 0.3) is 60.9 Å². The van der Waals surface area contributed by atoms with Gasteiger partial charge in [-0.05, 0) is 94.3 Å². The summed E-state index contributed by atoms with van der Waals surface area (Å²) in [6, 6.07) is 52.5. The lowest BCUT2D eigenvalue weighted by Crippen LogP contribution is -2.30. The highest BCUT2D eigenvalue weighted by Crippen LogP contribution is 2.55. The third kappa shape index (κ3) is 4.55. The highest BCUT2D eigenvalue weighted by atomic mass is 16.5. The Hall–Kier alpha value is -5.90. The Kier molecular flexibility index (Phi) is 6.41. The molecule has 0 radical (unpaired) electrons. The van der Waals surface area contributed by atoms with Gasteiger partial charge in [-0.15, -0.1) is 0 Å². The molecule has 0 amide bonds. The highest BCUT2D eigenvalue weighted by molar-refractivity contribution is 6.12. The fourth-order valence-electron chi connectivity index (χ4n) is 9.16. The number of benzene rings is 6. The number of hydrogen-bond donors (Lipinski definition) is 0. The number of fused-ring (bicyclic) bond motifs is 10. The van der Waals surface area contributed by atoms with E-state index < -0.39 is 0 Å². The molecule has 5 unspecified atom stereocenters. The van der Waals surface area contributed by atoms with E-state index >= 15 is 0 Å². The van der Waals surface area contributed by atoms with Gasteiger partial charge in [-0.3, -0.25) is 0 Å². The second-order valence-electron chi connectivity index (χ2n) is 14.3. The van der Waals surface area contributed by atoms with Crippen LogP contribution in [0.2, 0.25) is 0 Å². The van der Waals surface area contributed by atoms with Crippen molar-refractivity contribution in [2.75, 3.05) is 0 Å². The molecule has 2 aliphatic carbocycles. The van der Waals surface area contributed by atoms with Gasteiger partial charge in [-0.2, -0.15) is 0 Å². The lowest BCUT2D eigenvalue weighted by molar-refractivity contribution is 0.0373. The highest BCUT2D eigenvalue weighted by Gasteiger charge is 2.52. The van der Waals surface area contributed by atoms with Crippen LogP contribution in [0.3, 0.4) is 0 Å². The summed E-state index contributed by atoms with van der Waals surface area (Å²) in [7, 11) is 0. The quantitative estimate of drug-likeness (QED) is 0.188. The van der Waals surface area contributed by atoms with Crippen LogP contribution < -0.4 is 4.74 Å². The van der Waals surface area contributed by atoms with E-state index in [2.05, 4.69) is 174 Å². The molecule has 1 saturated heterocycles. The molecule has 5 atom stereocenters. The zero-order valence-corrected chi connectivity index (χ0v) is 28.0. The minimum Gasteiger partial charge on any atom is -0.461 e. The Bertz CT molecular complexity index is 2480. The molecule has 11 rings (SSSR count). The van der Waals surface area contributed by atoms with Gasteiger partial charge in [0.05, 0.1) is 29.2 Å². The lowest BCUT2D eigenvalue weighted by atomic mass is 9.73. The zero-order chi connectivity index (χ0) is 33.5. The van der Waals surface area contributed by atoms with Crippen molar-refractivity contribution < 1.29 is 9.47 Å². The predicted molar refractivity (Wildman–Crippen MR) is 207 cm³/mol. The minimum atomic E-state index is 0.0420. The maximum absolute atomic E-state index is 6.99. The van der Waals surface area contributed by atoms with Gasteiger partial charge >= 0.3 is 0 Å². The van der Waals surface area contributed by atoms with Crippen LogP contribution in [0.1, 0.15) is 17.9 Å². The normalized spacial score (nSPS) is 22.9. The summed E-state index contributed by atoms with van der Waals surface area (Å²) < 4.78 is 15.9. The number of allylic oxidation sites excluding steroid dienone is 3. The number of hydrogen-bond acceptors (Lipinski definition) is 2. The monoisotopic (exact) mass is 657 g/mol. The molecule has 2 aliphatic heterocycles. The summed E-state index contributed by atoms with van der Waals surface area (Å²) in [6.07, 6.45) is 10.5. The second-order valence-corrected chi connectivity index (χ2v) is 14.3. The van der Waals surface area contributed by atoms with Crippen molar-refractivity contribution in [1.29, 1.82) is 0 Å². The van der Waals surface area contributed by atoms with E-state index in [0.29, 0.717) is 5.92 Å². The van der Waals surface area contributed by atoms with Gasteiger partial charge < -0.3 is 14.0 Å². The summed E-state index contributed by atoms with van der Waals surface area (Å²) in [5.41, 5.74) is 12.3. The summed E-state index contributed by atoms with van der Waals surface area (Å²) in [4.78, 5) is 0. The van der Waals surface area contributed by atoms with Crippen LogP contribution in [-0.4, -0.2) is 16.8 Å². The van der Waals surface area contributed by atoms with Crippen LogP contribution in [0.5, 0.6) is 5.75 Å². The van der Waals surface area contributed by atoms with Crippen LogP contribution >= 0.6 is 0 Å². The molecule has 4 aliphatic rings. The topological polar surface area (TPSA) is 23.4 Å². The summed E-state index contributed by atoms with van der Waals surface area (Å²) >= 11 is 0. The summed E-state index contributed by atoms with van der Waals surface area (Å²) in [5, 5.41) is 2.53. The zero-order valence-electron chi connectivity index (χ0n) is 28.0. The van der Waals surface area contributed by atoms with Crippen molar-refractivity contribution in [2.24, 2.45) is 11.8 Å². The molecule has 244 valence electrons. The van der Waals surface area contributed by atoms with Gasteiger partial charge in [0, 0.05) is 28.0 Å². The standard InChI is InChI=1S/C48H35NO2/c1-4-10-30(11-5-1)33-16-21-42-38(26-33)39-27-34(31-12-6-2-7-13-31)17-22-43(39)49(42)36-19-24-44-40(29-36)37-20-25-46-47(48(37)51-44)41-28-35(18-23-45(41)50-46)32-14-8-3-9-15-32/h1-19,21-29,37,40,44,47-48H,20H2. The molecular formula is C48H35NO2. The maximum atomic E-state index is 6.99. The van der Waals surface area contributed by atoms with Crippen molar-refractivity contribution in [3.8, 4) is 39.1 Å². The number of aromatic nitrogens is 1. The number of rotatable bonds is 4. The minimum absolute atomic E-state index is 0.0420. The summed E-state index contributed by atoms with van der Waals surface area (Å²) in [6.45, 7) is 0. The Morgan fingerprint density at radius 2 is 1.14 bits per heavy atom. The molecule has 3 heteroatoms. The number of nitrogens with zero attached hydrogens (tertiary/aromatic N) is 1. The van der Waals surface area contributed by atoms with E-state index in [9.17, 15) is 0 Å². The second kappa shape index (κ2) is 11.3. The molecule has 3 heterocycles. The molecule has 51 heavy (non-hydrogen) atoms. The first-order valence-corrected chi connectivity index (χ1v) is 18.1. The Morgan fingerprint density at radius 1 is 0.569 bits per heavy atom. The van der Waals surface area contributed by atoms with E-state index in [1.807, 2.05) is 0 Å². The molecule has 0 spiro atoms. The number of ether oxygens (including phenoxy) is 2. The smallest absolute Gasteiger partial charge is 0.131 e. The van der Waals surface area contributed by atoms with Crippen LogP contribution in [0.15, 0.2) is 176 Å². The molecule has 3 nitrogen and oxygen atoms in total. The van der Waals surface area contributed by atoms with Crippen LogP contribution in [0.4, 0.5) is 0 Å². The van der Waals surface area contributed by atoms with Crippen LogP contribution in [-0.2, 0) is 4.74 Å². The third-order valence-electron chi connectivity index (χ3n) is 11.6. The van der Waals surface area contributed by atoms with E-state index in [4.69, 9.17) is 9.47 Å². The molecule has 1 fully saturated rings.